The van der Waals surface area contributed by atoms with Crippen molar-refractivity contribution < 1.29 is 4.42 Å². The summed E-state index contributed by atoms with van der Waals surface area (Å²) in [4.78, 5) is 0. The van der Waals surface area contributed by atoms with E-state index in [1.807, 2.05) is 24.3 Å². The number of fused-ring (bicyclic) bond motifs is 3. The predicted molar refractivity (Wildman–Crippen MR) is 70.9 cm³/mol. The van der Waals surface area contributed by atoms with Crippen LogP contribution in [0.1, 0.15) is 24.9 Å². The fourth-order valence-corrected chi connectivity index (χ4v) is 2.21. The van der Waals surface area contributed by atoms with E-state index in [-0.39, 0.29) is 6.04 Å². The molecule has 2 nitrogen and oxygen atoms in total. The van der Waals surface area contributed by atoms with Crippen LogP contribution >= 0.6 is 0 Å². The van der Waals surface area contributed by atoms with Gasteiger partial charge in [0, 0.05) is 16.8 Å². The van der Waals surface area contributed by atoms with Gasteiger partial charge in [-0.05, 0) is 30.2 Å². The molecule has 0 saturated heterocycles. The van der Waals surface area contributed by atoms with E-state index in [1.54, 1.807) is 0 Å². The molecule has 0 aliphatic carbocycles. The third-order valence-electron chi connectivity index (χ3n) is 3.27. The summed E-state index contributed by atoms with van der Waals surface area (Å²) >= 11 is 0. The molecule has 17 heavy (non-hydrogen) atoms. The molecule has 0 spiro atoms. The maximum atomic E-state index is 6.07. The first-order valence-corrected chi connectivity index (χ1v) is 5.96. The second-order valence-electron chi connectivity index (χ2n) is 4.37. The fraction of sp³-hybridized carbons (Fsp3) is 0.200. The van der Waals surface area contributed by atoms with Crippen molar-refractivity contribution in [3.8, 4) is 0 Å². The molecule has 0 fully saturated rings. The van der Waals surface area contributed by atoms with Crippen LogP contribution < -0.4 is 5.73 Å². The van der Waals surface area contributed by atoms with Crippen LogP contribution in [0.25, 0.3) is 21.9 Å². The van der Waals surface area contributed by atoms with E-state index in [4.69, 9.17) is 10.2 Å². The summed E-state index contributed by atoms with van der Waals surface area (Å²) in [6.07, 6.45) is 0.946. The molecule has 1 atom stereocenters. The van der Waals surface area contributed by atoms with Crippen molar-refractivity contribution in [1.82, 2.24) is 0 Å². The van der Waals surface area contributed by atoms with Crippen LogP contribution in [0.2, 0.25) is 0 Å². The summed E-state index contributed by atoms with van der Waals surface area (Å²) in [7, 11) is 0. The third kappa shape index (κ3) is 1.61. The fourth-order valence-electron chi connectivity index (χ4n) is 2.21. The van der Waals surface area contributed by atoms with E-state index >= 15 is 0 Å². The quantitative estimate of drug-likeness (QED) is 0.716. The minimum absolute atomic E-state index is 0.105. The van der Waals surface area contributed by atoms with Crippen LogP contribution in [-0.4, -0.2) is 0 Å². The van der Waals surface area contributed by atoms with Gasteiger partial charge in [0.15, 0.2) is 0 Å². The molecule has 0 aliphatic rings. The molecular weight excluding hydrogens is 210 g/mol. The molecule has 1 heterocycles. The lowest BCUT2D eigenvalue weighted by atomic mass is 10.0. The van der Waals surface area contributed by atoms with Gasteiger partial charge < -0.3 is 10.2 Å². The van der Waals surface area contributed by atoms with Crippen molar-refractivity contribution in [3.05, 3.63) is 48.0 Å². The zero-order valence-corrected chi connectivity index (χ0v) is 9.81. The largest absolute Gasteiger partial charge is 0.456 e. The Morgan fingerprint density at radius 2 is 1.82 bits per heavy atom. The Balaban J connectivity index is 2.30. The highest BCUT2D eigenvalue weighted by Crippen LogP contribution is 2.30. The Hall–Kier alpha value is -1.80. The van der Waals surface area contributed by atoms with Gasteiger partial charge in [-0.2, -0.15) is 0 Å². The standard InChI is InChI=1S/C15H15NO/c1-2-13(16)10-7-8-15-12(9-10)11-5-3-4-6-14(11)17-15/h3-9,13H,2,16H2,1H3. The van der Waals surface area contributed by atoms with Crippen molar-refractivity contribution in [2.24, 2.45) is 5.73 Å². The smallest absolute Gasteiger partial charge is 0.135 e. The van der Waals surface area contributed by atoms with E-state index in [1.165, 1.54) is 5.56 Å². The molecule has 0 saturated carbocycles. The van der Waals surface area contributed by atoms with Gasteiger partial charge in [-0.15, -0.1) is 0 Å². The van der Waals surface area contributed by atoms with E-state index < -0.39 is 0 Å². The first kappa shape index (κ1) is 10.4. The van der Waals surface area contributed by atoms with E-state index in [9.17, 15) is 0 Å². The van der Waals surface area contributed by atoms with Crippen molar-refractivity contribution in [1.29, 1.82) is 0 Å². The molecule has 0 amide bonds. The number of benzene rings is 2. The second-order valence-corrected chi connectivity index (χ2v) is 4.37. The Kier molecular flexibility index (Phi) is 2.37. The van der Waals surface area contributed by atoms with E-state index in [2.05, 4.69) is 25.1 Å². The number of nitrogens with two attached hydrogens (primary N) is 1. The maximum Gasteiger partial charge on any atom is 0.135 e. The van der Waals surface area contributed by atoms with Crippen molar-refractivity contribution >= 4 is 21.9 Å². The van der Waals surface area contributed by atoms with Crippen molar-refractivity contribution in [3.63, 3.8) is 0 Å². The monoisotopic (exact) mass is 225 g/mol. The van der Waals surface area contributed by atoms with Gasteiger partial charge in [0.05, 0.1) is 0 Å². The lowest BCUT2D eigenvalue weighted by molar-refractivity contribution is 0.667. The SMILES string of the molecule is CCC(N)c1ccc2oc3ccccc3c2c1. The van der Waals surface area contributed by atoms with Gasteiger partial charge in [0.2, 0.25) is 0 Å². The van der Waals surface area contributed by atoms with Crippen molar-refractivity contribution in [2.75, 3.05) is 0 Å². The summed E-state index contributed by atoms with van der Waals surface area (Å²) in [5, 5.41) is 2.31. The first-order chi connectivity index (χ1) is 8.29. The Morgan fingerprint density at radius 3 is 2.65 bits per heavy atom. The molecule has 3 rings (SSSR count). The Bertz CT molecular complexity index is 669. The summed E-state index contributed by atoms with van der Waals surface area (Å²) in [5.74, 6) is 0. The molecule has 86 valence electrons. The minimum atomic E-state index is 0.105. The molecular formula is C15H15NO. The number of furan rings is 1. The van der Waals surface area contributed by atoms with Gasteiger partial charge in [0.25, 0.3) is 0 Å². The third-order valence-corrected chi connectivity index (χ3v) is 3.27. The molecule has 0 radical (unpaired) electrons. The van der Waals surface area contributed by atoms with Crippen LogP contribution in [0, 0.1) is 0 Å². The number of hydrogen-bond acceptors (Lipinski definition) is 2. The van der Waals surface area contributed by atoms with Gasteiger partial charge in [-0.25, -0.2) is 0 Å². The molecule has 2 N–H and O–H groups in total. The van der Waals surface area contributed by atoms with Crippen LogP contribution in [0.15, 0.2) is 46.9 Å². The van der Waals surface area contributed by atoms with Crippen LogP contribution in [0.5, 0.6) is 0 Å². The molecule has 0 bridgehead atoms. The zero-order chi connectivity index (χ0) is 11.8. The molecule has 3 aromatic rings. The molecule has 2 heteroatoms. The van der Waals surface area contributed by atoms with Crippen LogP contribution in [0.4, 0.5) is 0 Å². The highest BCUT2D eigenvalue weighted by Gasteiger charge is 2.09. The summed E-state index contributed by atoms with van der Waals surface area (Å²) in [5.41, 5.74) is 9.10. The highest BCUT2D eigenvalue weighted by molar-refractivity contribution is 6.04. The number of rotatable bonds is 2. The van der Waals surface area contributed by atoms with Gasteiger partial charge in [-0.1, -0.05) is 31.2 Å². The Labute approximate surface area is 100 Å². The van der Waals surface area contributed by atoms with Gasteiger partial charge >= 0.3 is 0 Å². The summed E-state index contributed by atoms with van der Waals surface area (Å²) in [6, 6.07) is 14.4. The Morgan fingerprint density at radius 1 is 1.06 bits per heavy atom. The minimum Gasteiger partial charge on any atom is -0.456 e. The van der Waals surface area contributed by atoms with Crippen LogP contribution in [0.3, 0.4) is 0 Å². The normalized spacial score (nSPS) is 13.3. The van der Waals surface area contributed by atoms with Crippen molar-refractivity contribution in [2.45, 2.75) is 19.4 Å². The number of hydrogen-bond donors (Lipinski definition) is 1. The second kappa shape index (κ2) is 3.90. The topological polar surface area (TPSA) is 39.2 Å². The van der Waals surface area contributed by atoms with Gasteiger partial charge in [0.1, 0.15) is 11.2 Å². The van der Waals surface area contributed by atoms with E-state index in [0.717, 1.165) is 28.4 Å². The number of para-hydroxylation sites is 1. The predicted octanol–water partition coefficient (Wildman–Crippen LogP) is 4.00. The average Bonchev–Trinajstić information content (AvgIpc) is 2.75. The molecule has 0 aliphatic heterocycles. The summed E-state index contributed by atoms with van der Waals surface area (Å²) in [6.45, 7) is 2.10. The summed E-state index contributed by atoms with van der Waals surface area (Å²) < 4.78 is 5.78. The molecule has 1 unspecified atom stereocenters. The lowest BCUT2D eigenvalue weighted by Crippen LogP contribution is -2.07. The average molecular weight is 225 g/mol. The zero-order valence-electron chi connectivity index (χ0n) is 9.81. The first-order valence-electron chi connectivity index (χ1n) is 5.96. The van der Waals surface area contributed by atoms with Crippen LogP contribution in [-0.2, 0) is 0 Å². The molecule has 1 aromatic heterocycles. The maximum absolute atomic E-state index is 6.07. The van der Waals surface area contributed by atoms with E-state index in [0.29, 0.717) is 0 Å². The lowest BCUT2D eigenvalue weighted by Gasteiger charge is -2.08. The highest BCUT2D eigenvalue weighted by atomic mass is 16.3. The van der Waals surface area contributed by atoms with Gasteiger partial charge in [-0.3, -0.25) is 0 Å². The molecule has 2 aromatic carbocycles.